The van der Waals surface area contributed by atoms with E-state index in [-0.39, 0.29) is 6.61 Å². The quantitative estimate of drug-likeness (QED) is 0.806. The number of rotatable bonds is 5. The summed E-state index contributed by atoms with van der Waals surface area (Å²) in [5, 5.41) is 9.11. The predicted octanol–water partition coefficient (Wildman–Crippen LogP) is 2.03. The third kappa shape index (κ3) is 2.63. The Morgan fingerprint density at radius 1 is 1.40 bits per heavy atom. The second-order valence-electron chi connectivity index (χ2n) is 3.21. The van der Waals surface area contributed by atoms with Crippen LogP contribution in [0.3, 0.4) is 0 Å². The maximum atomic E-state index is 9.11. The van der Waals surface area contributed by atoms with Crippen LogP contribution in [0, 0.1) is 5.92 Å². The Morgan fingerprint density at radius 2 is 2.13 bits per heavy atom. The van der Waals surface area contributed by atoms with Gasteiger partial charge in [0.15, 0.2) is 11.5 Å². The van der Waals surface area contributed by atoms with Crippen LogP contribution in [-0.2, 0) is 0 Å². The molecule has 15 heavy (non-hydrogen) atoms. The first-order valence-electron chi connectivity index (χ1n) is 4.98. The van der Waals surface area contributed by atoms with Gasteiger partial charge in [0.05, 0.1) is 20.3 Å². The van der Waals surface area contributed by atoms with Crippen molar-refractivity contribution in [2.24, 2.45) is 0 Å². The number of aliphatic hydroxyl groups is 1. The first-order chi connectivity index (χ1) is 7.24. The minimum Gasteiger partial charge on any atom is -0.493 e. The van der Waals surface area contributed by atoms with Crippen LogP contribution in [0.15, 0.2) is 18.2 Å². The molecule has 1 aromatic carbocycles. The Kier molecular flexibility index (Phi) is 4.43. The second kappa shape index (κ2) is 5.61. The monoisotopic (exact) mass is 209 g/mol. The van der Waals surface area contributed by atoms with Crippen molar-refractivity contribution in [3.63, 3.8) is 0 Å². The molecule has 3 heteroatoms. The minimum atomic E-state index is 0.0211. The van der Waals surface area contributed by atoms with Crippen LogP contribution < -0.4 is 9.47 Å². The molecular weight excluding hydrogens is 192 g/mol. The Morgan fingerprint density at radius 3 is 2.67 bits per heavy atom. The molecule has 0 bridgehead atoms. The molecule has 0 saturated carbocycles. The summed E-state index contributed by atoms with van der Waals surface area (Å²) < 4.78 is 10.7. The summed E-state index contributed by atoms with van der Waals surface area (Å²) in [5.41, 5.74) is 0.902. The zero-order valence-corrected chi connectivity index (χ0v) is 9.41. The van der Waals surface area contributed by atoms with Crippen molar-refractivity contribution >= 4 is 0 Å². The standard InChI is InChI=1S/C12H17O3/c1-4-15-12-10(9(2)8-13)6-5-7-11(12)14-3/h5-7,13H,4,8H2,1-3H3. The minimum absolute atomic E-state index is 0.0211. The van der Waals surface area contributed by atoms with Crippen LogP contribution in [0.4, 0.5) is 0 Å². The van der Waals surface area contributed by atoms with E-state index in [0.717, 1.165) is 11.5 Å². The Bertz CT molecular complexity index is 310. The molecule has 1 rings (SSSR count). The van der Waals surface area contributed by atoms with Gasteiger partial charge >= 0.3 is 0 Å². The molecule has 0 fully saturated rings. The Balaban J connectivity index is 3.12. The number of hydrogen-bond acceptors (Lipinski definition) is 3. The molecule has 0 unspecified atom stereocenters. The zero-order chi connectivity index (χ0) is 11.3. The van der Waals surface area contributed by atoms with Gasteiger partial charge in [0.1, 0.15) is 0 Å². The third-order valence-corrected chi connectivity index (χ3v) is 2.18. The fraction of sp³-hybridized carbons (Fsp3) is 0.417. The van der Waals surface area contributed by atoms with Gasteiger partial charge in [-0.05, 0) is 13.0 Å². The van der Waals surface area contributed by atoms with Crippen molar-refractivity contribution in [3.8, 4) is 11.5 Å². The number of benzene rings is 1. The average molecular weight is 209 g/mol. The molecule has 1 N–H and O–H groups in total. The van der Waals surface area contributed by atoms with E-state index in [1.807, 2.05) is 32.0 Å². The van der Waals surface area contributed by atoms with E-state index in [0.29, 0.717) is 18.1 Å². The van der Waals surface area contributed by atoms with Gasteiger partial charge in [0.25, 0.3) is 0 Å². The second-order valence-corrected chi connectivity index (χ2v) is 3.21. The van der Waals surface area contributed by atoms with E-state index < -0.39 is 0 Å². The summed E-state index contributed by atoms with van der Waals surface area (Å²) >= 11 is 0. The molecular formula is C12H17O3. The number of para-hydroxylation sites is 1. The van der Waals surface area contributed by atoms with E-state index in [1.54, 1.807) is 7.11 Å². The summed E-state index contributed by atoms with van der Waals surface area (Å²) in [6.07, 6.45) is 0. The van der Waals surface area contributed by atoms with E-state index in [9.17, 15) is 0 Å². The summed E-state index contributed by atoms with van der Waals surface area (Å²) in [7, 11) is 1.61. The van der Waals surface area contributed by atoms with Crippen LogP contribution in [0.25, 0.3) is 0 Å². The molecule has 0 atom stereocenters. The predicted molar refractivity (Wildman–Crippen MR) is 59.3 cm³/mol. The maximum absolute atomic E-state index is 9.11. The summed E-state index contributed by atoms with van der Waals surface area (Å²) in [4.78, 5) is 0. The summed E-state index contributed by atoms with van der Waals surface area (Å²) in [5.74, 6) is 2.27. The molecule has 0 aromatic heterocycles. The Hall–Kier alpha value is -1.22. The fourth-order valence-corrected chi connectivity index (χ4v) is 1.39. The summed E-state index contributed by atoms with van der Waals surface area (Å²) in [6, 6.07) is 5.65. The molecule has 1 radical (unpaired) electrons. The van der Waals surface area contributed by atoms with Gasteiger partial charge in [-0.15, -0.1) is 0 Å². The average Bonchev–Trinajstić information content (AvgIpc) is 2.28. The van der Waals surface area contributed by atoms with Gasteiger partial charge in [0, 0.05) is 11.5 Å². The molecule has 0 spiro atoms. The van der Waals surface area contributed by atoms with E-state index >= 15 is 0 Å². The van der Waals surface area contributed by atoms with Gasteiger partial charge < -0.3 is 14.6 Å². The van der Waals surface area contributed by atoms with E-state index in [2.05, 4.69) is 0 Å². The molecule has 0 amide bonds. The highest BCUT2D eigenvalue weighted by Crippen LogP contribution is 2.34. The molecule has 1 aromatic rings. The van der Waals surface area contributed by atoms with E-state index in [4.69, 9.17) is 14.6 Å². The SMILES string of the molecule is CCOc1c(OC)cccc1[C](C)CO. The molecule has 0 aliphatic heterocycles. The van der Waals surface area contributed by atoms with Crippen LogP contribution in [0.1, 0.15) is 19.4 Å². The third-order valence-electron chi connectivity index (χ3n) is 2.18. The lowest BCUT2D eigenvalue weighted by molar-refractivity contribution is 0.296. The van der Waals surface area contributed by atoms with Crippen LogP contribution in [0.2, 0.25) is 0 Å². The lowest BCUT2D eigenvalue weighted by atomic mass is 10.0. The molecule has 0 heterocycles. The molecule has 0 aliphatic carbocycles. The van der Waals surface area contributed by atoms with Crippen LogP contribution >= 0.6 is 0 Å². The van der Waals surface area contributed by atoms with E-state index in [1.165, 1.54) is 0 Å². The summed E-state index contributed by atoms with van der Waals surface area (Å²) in [6.45, 7) is 4.39. The first kappa shape index (κ1) is 11.9. The van der Waals surface area contributed by atoms with Crippen molar-refractivity contribution < 1.29 is 14.6 Å². The Labute approximate surface area is 90.6 Å². The largest absolute Gasteiger partial charge is 0.493 e. The van der Waals surface area contributed by atoms with Crippen molar-refractivity contribution in [2.75, 3.05) is 20.3 Å². The van der Waals surface area contributed by atoms with Crippen molar-refractivity contribution in [2.45, 2.75) is 13.8 Å². The van der Waals surface area contributed by atoms with Gasteiger partial charge in [-0.25, -0.2) is 0 Å². The number of hydrogen-bond donors (Lipinski definition) is 1. The van der Waals surface area contributed by atoms with Gasteiger partial charge in [-0.2, -0.15) is 0 Å². The zero-order valence-electron chi connectivity index (χ0n) is 9.41. The maximum Gasteiger partial charge on any atom is 0.164 e. The normalized spacial score (nSPS) is 10.5. The number of ether oxygens (including phenoxy) is 2. The smallest absolute Gasteiger partial charge is 0.164 e. The van der Waals surface area contributed by atoms with Crippen molar-refractivity contribution in [1.82, 2.24) is 0 Å². The first-order valence-corrected chi connectivity index (χ1v) is 4.98. The number of aliphatic hydroxyl groups excluding tert-OH is 1. The van der Waals surface area contributed by atoms with Crippen molar-refractivity contribution in [3.05, 3.63) is 29.7 Å². The van der Waals surface area contributed by atoms with Gasteiger partial charge in [-0.3, -0.25) is 0 Å². The molecule has 0 aliphatic rings. The van der Waals surface area contributed by atoms with Crippen molar-refractivity contribution in [1.29, 1.82) is 0 Å². The molecule has 83 valence electrons. The topological polar surface area (TPSA) is 38.7 Å². The fourth-order valence-electron chi connectivity index (χ4n) is 1.39. The highest BCUT2D eigenvalue weighted by Gasteiger charge is 2.15. The molecule has 3 nitrogen and oxygen atoms in total. The highest BCUT2D eigenvalue weighted by molar-refractivity contribution is 5.52. The lowest BCUT2D eigenvalue weighted by Crippen LogP contribution is -2.05. The highest BCUT2D eigenvalue weighted by atomic mass is 16.5. The molecule has 0 saturated heterocycles. The number of methoxy groups -OCH3 is 1. The van der Waals surface area contributed by atoms with Crippen LogP contribution in [0.5, 0.6) is 11.5 Å². The van der Waals surface area contributed by atoms with Gasteiger partial charge in [0.2, 0.25) is 0 Å². The lowest BCUT2D eigenvalue weighted by Gasteiger charge is -2.16. The van der Waals surface area contributed by atoms with Crippen LogP contribution in [-0.4, -0.2) is 25.4 Å². The van der Waals surface area contributed by atoms with Gasteiger partial charge in [-0.1, -0.05) is 19.1 Å².